The van der Waals surface area contributed by atoms with Gasteiger partial charge >= 0.3 is 0 Å². The first-order valence-electron chi connectivity index (χ1n) is 9.27. The molecule has 0 aliphatic heterocycles. The Labute approximate surface area is 160 Å². The maximum absolute atomic E-state index is 6.09. The number of rotatable bonds is 6. The van der Waals surface area contributed by atoms with Crippen LogP contribution in [0.1, 0.15) is 16.7 Å². The van der Waals surface area contributed by atoms with E-state index < -0.39 is 0 Å². The number of ether oxygens (including phenoxy) is 1. The zero-order chi connectivity index (χ0) is 18.5. The van der Waals surface area contributed by atoms with Crippen molar-refractivity contribution in [2.24, 2.45) is 0 Å². The molecule has 0 saturated heterocycles. The van der Waals surface area contributed by atoms with Crippen LogP contribution in [0.25, 0.3) is 10.8 Å². The van der Waals surface area contributed by atoms with Crippen LogP contribution in [-0.4, -0.2) is 0 Å². The number of fused-ring (bicyclic) bond motifs is 1. The van der Waals surface area contributed by atoms with Crippen molar-refractivity contribution in [3.8, 4) is 5.75 Å². The van der Waals surface area contributed by atoms with Crippen molar-refractivity contribution in [3.05, 3.63) is 108 Å². The van der Waals surface area contributed by atoms with Gasteiger partial charge in [0.2, 0.25) is 0 Å². The van der Waals surface area contributed by atoms with E-state index in [2.05, 4.69) is 91.1 Å². The molecule has 0 amide bonds. The van der Waals surface area contributed by atoms with Gasteiger partial charge in [0.25, 0.3) is 0 Å². The number of hydrogen-bond acceptors (Lipinski definition) is 2. The van der Waals surface area contributed by atoms with E-state index in [1.807, 2.05) is 12.1 Å². The predicted octanol–water partition coefficient (Wildman–Crippen LogP) is 6.34. The fourth-order valence-electron chi connectivity index (χ4n) is 3.29. The summed E-state index contributed by atoms with van der Waals surface area (Å²) in [6.45, 7) is 3.46. The second-order valence-electron chi connectivity index (χ2n) is 6.74. The van der Waals surface area contributed by atoms with Gasteiger partial charge in [0.05, 0.1) is 0 Å². The van der Waals surface area contributed by atoms with E-state index in [0.29, 0.717) is 6.61 Å². The van der Waals surface area contributed by atoms with Crippen LogP contribution >= 0.6 is 0 Å². The minimum Gasteiger partial charge on any atom is -0.489 e. The first kappa shape index (κ1) is 17.2. The normalized spacial score (nSPS) is 10.7. The SMILES string of the molecule is Cc1ccccc1NCc1cccc(OCc2cccc3ccccc23)c1. The van der Waals surface area contributed by atoms with E-state index in [0.717, 1.165) is 12.3 Å². The number of aryl methyl sites for hydroxylation is 1. The number of anilines is 1. The molecule has 27 heavy (non-hydrogen) atoms. The molecule has 0 radical (unpaired) electrons. The number of benzene rings is 4. The molecule has 4 aromatic rings. The van der Waals surface area contributed by atoms with Gasteiger partial charge in [0, 0.05) is 12.2 Å². The number of para-hydroxylation sites is 1. The lowest BCUT2D eigenvalue weighted by Crippen LogP contribution is -2.02. The maximum Gasteiger partial charge on any atom is 0.120 e. The Morgan fingerprint density at radius 3 is 2.48 bits per heavy atom. The van der Waals surface area contributed by atoms with E-state index >= 15 is 0 Å². The van der Waals surface area contributed by atoms with E-state index in [9.17, 15) is 0 Å². The fourth-order valence-corrected chi connectivity index (χ4v) is 3.29. The summed E-state index contributed by atoms with van der Waals surface area (Å²) in [6, 6.07) is 31.4. The lowest BCUT2D eigenvalue weighted by Gasteiger charge is -2.12. The van der Waals surface area contributed by atoms with Crippen molar-refractivity contribution >= 4 is 16.5 Å². The van der Waals surface area contributed by atoms with Crippen LogP contribution in [0.15, 0.2) is 91.0 Å². The first-order valence-corrected chi connectivity index (χ1v) is 9.27. The second-order valence-corrected chi connectivity index (χ2v) is 6.74. The smallest absolute Gasteiger partial charge is 0.120 e. The van der Waals surface area contributed by atoms with Gasteiger partial charge in [-0.2, -0.15) is 0 Å². The molecule has 0 atom stereocenters. The predicted molar refractivity (Wildman–Crippen MR) is 113 cm³/mol. The van der Waals surface area contributed by atoms with E-state index in [4.69, 9.17) is 4.74 Å². The van der Waals surface area contributed by atoms with Gasteiger partial charge in [-0.15, -0.1) is 0 Å². The molecule has 0 aromatic heterocycles. The summed E-state index contributed by atoms with van der Waals surface area (Å²) in [5.74, 6) is 0.895. The minimum absolute atomic E-state index is 0.566. The number of hydrogen-bond donors (Lipinski definition) is 1. The van der Waals surface area contributed by atoms with Crippen molar-refractivity contribution in [1.82, 2.24) is 0 Å². The molecule has 4 rings (SSSR count). The Morgan fingerprint density at radius 2 is 1.56 bits per heavy atom. The zero-order valence-electron chi connectivity index (χ0n) is 15.5. The number of nitrogens with one attached hydrogen (secondary N) is 1. The van der Waals surface area contributed by atoms with Crippen molar-refractivity contribution in [3.63, 3.8) is 0 Å². The summed E-state index contributed by atoms with van der Waals surface area (Å²) in [7, 11) is 0. The Hall–Kier alpha value is -3.26. The van der Waals surface area contributed by atoms with Gasteiger partial charge in [0.15, 0.2) is 0 Å². The third kappa shape index (κ3) is 4.12. The van der Waals surface area contributed by atoms with Crippen LogP contribution < -0.4 is 10.1 Å². The first-order chi connectivity index (χ1) is 13.3. The van der Waals surface area contributed by atoms with Gasteiger partial charge in [-0.05, 0) is 52.6 Å². The summed E-state index contributed by atoms with van der Waals surface area (Å²) in [5.41, 5.74) is 4.82. The quantitative estimate of drug-likeness (QED) is 0.437. The minimum atomic E-state index is 0.566. The summed E-state index contributed by atoms with van der Waals surface area (Å²) >= 11 is 0. The Kier molecular flexibility index (Phi) is 5.06. The standard InChI is InChI=1S/C25H23NO/c1-19-8-2-5-15-25(19)26-17-20-9-6-13-23(16-20)27-18-22-12-7-11-21-10-3-4-14-24(21)22/h2-16,26H,17-18H2,1H3. The largest absolute Gasteiger partial charge is 0.489 e. The summed E-state index contributed by atoms with van der Waals surface area (Å²) in [6.07, 6.45) is 0. The lowest BCUT2D eigenvalue weighted by molar-refractivity contribution is 0.307. The van der Waals surface area contributed by atoms with Gasteiger partial charge in [-0.3, -0.25) is 0 Å². The summed E-state index contributed by atoms with van der Waals surface area (Å²) < 4.78 is 6.09. The average molecular weight is 353 g/mol. The highest BCUT2D eigenvalue weighted by Crippen LogP contribution is 2.22. The van der Waals surface area contributed by atoms with Crippen LogP contribution in [0.5, 0.6) is 5.75 Å². The molecule has 0 fully saturated rings. The molecule has 0 aliphatic carbocycles. The Balaban J connectivity index is 1.44. The van der Waals surface area contributed by atoms with Crippen LogP contribution in [-0.2, 0) is 13.2 Å². The maximum atomic E-state index is 6.09. The van der Waals surface area contributed by atoms with Crippen LogP contribution in [0.4, 0.5) is 5.69 Å². The van der Waals surface area contributed by atoms with Gasteiger partial charge < -0.3 is 10.1 Å². The third-order valence-corrected chi connectivity index (χ3v) is 4.80. The van der Waals surface area contributed by atoms with Crippen molar-refractivity contribution in [2.75, 3.05) is 5.32 Å². The Bertz CT molecular complexity index is 1050. The van der Waals surface area contributed by atoms with Gasteiger partial charge in [-0.25, -0.2) is 0 Å². The molecule has 4 aromatic carbocycles. The molecule has 0 bridgehead atoms. The van der Waals surface area contributed by atoms with Crippen LogP contribution in [0.3, 0.4) is 0 Å². The highest BCUT2D eigenvalue weighted by molar-refractivity contribution is 5.85. The molecule has 1 N–H and O–H groups in total. The molecular formula is C25H23NO. The van der Waals surface area contributed by atoms with E-state index in [-0.39, 0.29) is 0 Å². The second kappa shape index (κ2) is 7.96. The molecular weight excluding hydrogens is 330 g/mol. The third-order valence-electron chi connectivity index (χ3n) is 4.80. The molecule has 0 saturated carbocycles. The molecule has 2 nitrogen and oxygen atoms in total. The van der Waals surface area contributed by atoms with Crippen molar-refractivity contribution in [1.29, 1.82) is 0 Å². The topological polar surface area (TPSA) is 21.3 Å². The molecule has 0 spiro atoms. The summed E-state index contributed by atoms with van der Waals surface area (Å²) in [5, 5.41) is 5.99. The highest BCUT2D eigenvalue weighted by atomic mass is 16.5. The molecule has 0 unspecified atom stereocenters. The average Bonchev–Trinajstić information content (AvgIpc) is 2.72. The van der Waals surface area contributed by atoms with Crippen LogP contribution in [0, 0.1) is 6.92 Å². The summed E-state index contributed by atoms with van der Waals surface area (Å²) in [4.78, 5) is 0. The van der Waals surface area contributed by atoms with Gasteiger partial charge in [-0.1, -0.05) is 72.8 Å². The van der Waals surface area contributed by atoms with Crippen molar-refractivity contribution < 1.29 is 4.74 Å². The molecule has 134 valence electrons. The van der Waals surface area contributed by atoms with E-state index in [1.54, 1.807) is 0 Å². The molecule has 0 heterocycles. The van der Waals surface area contributed by atoms with E-state index in [1.165, 1.54) is 33.2 Å². The lowest BCUT2D eigenvalue weighted by atomic mass is 10.1. The zero-order valence-corrected chi connectivity index (χ0v) is 15.5. The monoisotopic (exact) mass is 353 g/mol. The molecule has 0 aliphatic rings. The fraction of sp³-hybridized carbons (Fsp3) is 0.120. The molecule has 2 heteroatoms. The Morgan fingerprint density at radius 1 is 0.778 bits per heavy atom. The van der Waals surface area contributed by atoms with Gasteiger partial charge in [0.1, 0.15) is 12.4 Å². The highest BCUT2D eigenvalue weighted by Gasteiger charge is 2.03. The van der Waals surface area contributed by atoms with Crippen molar-refractivity contribution in [2.45, 2.75) is 20.1 Å². The van der Waals surface area contributed by atoms with Crippen LogP contribution in [0.2, 0.25) is 0 Å².